The van der Waals surface area contributed by atoms with Crippen LogP contribution in [0.4, 0.5) is 0 Å². The maximum atomic E-state index is 11.9. The smallest absolute Gasteiger partial charge is 0.142 e. The molecule has 1 aromatic carbocycles. The third kappa shape index (κ3) is 4.60. The fourth-order valence-electron chi connectivity index (χ4n) is 1.57. The van der Waals surface area contributed by atoms with Crippen molar-refractivity contribution in [2.75, 3.05) is 6.54 Å². The van der Waals surface area contributed by atoms with Crippen LogP contribution in [0.2, 0.25) is 0 Å². The Bertz CT molecular complexity index is 468. The van der Waals surface area contributed by atoms with E-state index in [9.17, 15) is 4.79 Å². The number of ketones is 1. The lowest BCUT2D eigenvalue weighted by atomic mass is 9.87. The van der Waals surface area contributed by atoms with Crippen molar-refractivity contribution >= 4 is 5.78 Å². The maximum Gasteiger partial charge on any atom is 0.142 e. The summed E-state index contributed by atoms with van der Waals surface area (Å²) in [6, 6.07) is 7.89. The molecule has 0 fully saturated rings. The summed E-state index contributed by atoms with van der Waals surface area (Å²) in [4.78, 5) is 14.7. The third-order valence-electron chi connectivity index (χ3n) is 2.76. The fourth-order valence-corrected chi connectivity index (χ4v) is 1.57. The molecule has 0 amide bonds. The summed E-state index contributed by atoms with van der Waals surface area (Å²) in [5.74, 6) is 0.231. The predicted molar refractivity (Wildman–Crippen MR) is 72.3 cm³/mol. The molecule has 0 aliphatic carbocycles. The summed E-state index contributed by atoms with van der Waals surface area (Å²) >= 11 is 0. The molecule has 18 heavy (non-hydrogen) atoms. The molecule has 4 heteroatoms. The summed E-state index contributed by atoms with van der Waals surface area (Å²) in [7, 11) is 0. The van der Waals surface area contributed by atoms with E-state index in [1.165, 1.54) is 0 Å². The number of hydrogen-bond acceptors (Lipinski definition) is 2. The van der Waals surface area contributed by atoms with E-state index < -0.39 is 0 Å². The maximum absolute atomic E-state index is 11.9. The molecule has 4 nitrogen and oxygen atoms in total. The summed E-state index contributed by atoms with van der Waals surface area (Å²) in [5, 5.41) is 3.51. The molecular formula is C14H19N3O. The van der Waals surface area contributed by atoms with Gasteiger partial charge in [-0.3, -0.25) is 4.79 Å². The van der Waals surface area contributed by atoms with Crippen molar-refractivity contribution in [3.63, 3.8) is 0 Å². The lowest BCUT2D eigenvalue weighted by molar-refractivity contribution is -0.125. The Kier molecular flexibility index (Phi) is 4.93. The second kappa shape index (κ2) is 6.22. The van der Waals surface area contributed by atoms with E-state index in [2.05, 4.69) is 10.0 Å². The first kappa shape index (κ1) is 14.3. The summed E-state index contributed by atoms with van der Waals surface area (Å²) in [6.07, 6.45) is 1.17. The topological polar surface area (TPSA) is 65.8 Å². The van der Waals surface area contributed by atoms with Gasteiger partial charge in [0.25, 0.3) is 0 Å². The van der Waals surface area contributed by atoms with Gasteiger partial charge in [0.15, 0.2) is 0 Å². The minimum atomic E-state index is -0.304. The molecule has 0 N–H and O–H groups in total. The van der Waals surface area contributed by atoms with Crippen LogP contribution >= 0.6 is 0 Å². The van der Waals surface area contributed by atoms with Gasteiger partial charge in [-0.15, -0.1) is 0 Å². The average molecular weight is 245 g/mol. The first-order chi connectivity index (χ1) is 8.43. The van der Waals surface area contributed by atoms with Gasteiger partial charge in [0, 0.05) is 23.3 Å². The number of benzene rings is 1. The monoisotopic (exact) mass is 245 g/mol. The van der Waals surface area contributed by atoms with Crippen LogP contribution in [0.25, 0.3) is 10.4 Å². The van der Waals surface area contributed by atoms with Crippen LogP contribution in [0.15, 0.2) is 29.4 Å². The Morgan fingerprint density at radius 3 is 2.61 bits per heavy atom. The Labute approximate surface area is 108 Å². The van der Waals surface area contributed by atoms with Gasteiger partial charge in [-0.25, -0.2) is 0 Å². The van der Waals surface area contributed by atoms with Crippen LogP contribution in [0.5, 0.6) is 0 Å². The summed E-state index contributed by atoms with van der Waals surface area (Å²) < 4.78 is 0. The van der Waals surface area contributed by atoms with Gasteiger partial charge < -0.3 is 0 Å². The van der Waals surface area contributed by atoms with Crippen molar-refractivity contribution in [1.29, 1.82) is 0 Å². The number of azide groups is 1. The van der Waals surface area contributed by atoms with Crippen molar-refractivity contribution in [3.8, 4) is 0 Å². The molecule has 1 aromatic rings. The van der Waals surface area contributed by atoms with Gasteiger partial charge in [-0.1, -0.05) is 50.2 Å². The fraction of sp³-hybridized carbons (Fsp3) is 0.500. The van der Waals surface area contributed by atoms with Crippen molar-refractivity contribution in [2.45, 2.75) is 33.6 Å². The van der Waals surface area contributed by atoms with E-state index >= 15 is 0 Å². The van der Waals surface area contributed by atoms with Gasteiger partial charge in [-0.05, 0) is 23.1 Å². The minimum absolute atomic E-state index is 0.231. The lowest BCUT2D eigenvalue weighted by Crippen LogP contribution is -2.22. The van der Waals surface area contributed by atoms with Crippen LogP contribution < -0.4 is 0 Å². The normalized spacial score (nSPS) is 10.8. The van der Waals surface area contributed by atoms with Crippen LogP contribution in [0.1, 0.15) is 31.9 Å². The average Bonchev–Trinajstić information content (AvgIpc) is 2.28. The second-order valence-corrected chi connectivity index (χ2v) is 5.37. The first-order valence-electron chi connectivity index (χ1n) is 6.05. The summed E-state index contributed by atoms with van der Waals surface area (Å²) in [6.45, 7) is 6.25. The molecule has 0 saturated heterocycles. The Morgan fingerprint density at radius 1 is 1.33 bits per heavy atom. The SMILES string of the molecule is CC(C)(C)C(=O)Cc1cccc(CCN=[N+]=[N-])c1. The molecule has 0 aliphatic rings. The Balaban J connectivity index is 2.70. The van der Waals surface area contributed by atoms with Crippen LogP contribution in [0, 0.1) is 5.41 Å². The highest BCUT2D eigenvalue weighted by Crippen LogP contribution is 2.18. The molecule has 0 atom stereocenters. The highest BCUT2D eigenvalue weighted by atomic mass is 16.1. The Morgan fingerprint density at radius 2 is 2.00 bits per heavy atom. The van der Waals surface area contributed by atoms with Crippen molar-refractivity contribution < 1.29 is 4.79 Å². The molecule has 0 bridgehead atoms. The zero-order valence-corrected chi connectivity index (χ0v) is 11.2. The molecule has 0 unspecified atom stereocenters. The number of Topliss-reactive ketones (excluding diaryl/α,β-unsaturated/α-hetero) is 1. The van der Waals surface area contributed by atoms with E-state index in [0.717, 1.165) is 11.1 Å². The predicted octanol–water partition coefficient (Wildman–Crippen LogP) is 3.70. The largest absolute Gasteiger partial charge is 0.299 e. The Hall–Kier alpha value is -1.80. The van der Waals surface area contributed by atoms with Crippen LogP contribution in [0.3, 0.4) is 0 Å². The zero-order chi connectivity index (χ0) is 13.6. The number of nitrogens with zero attached hydrogens (tertiary/aromatic N) is 3. The molecule has 0 aromatic heterocycles. The van der Waals surface area contributed by atoms with Gasteiger partial charge in [0.1, 0.15) is 5.78 Å². The van der Waals surface area contributed by atoms with E-state index in [1.54, 1.807) is 0 Å². The van der Waals surface area contributed by atoms with Crippen LogP contribution in [-0.4, -0.2) is 12.3 Å². The zero-order valence-electron chi connectivity index (χ0n) is 11.2. The molecule has 96 valence electrons. The van der Waals surface area contributed by atoms with Gasteiger partial charge in [0.2, 0.25) is 0 Å². The number of carbonyl (C=O) groups is 1. The lowest BCUT2D eigenvalue weighted by Gasteiger charge is -2.16. The number of rotatable bonds is 5. The molecular weight excluding hydrogens is 226 g/mol. The molecule has 0 radical (unpaired) electrons. The quantitative estimate of drug-likeness (QED) is 0.443. The van der Waals surface area contributed by atoms with Gasteiger partial charge in [0.05, 0.1) is 0 Å². The van der Waals surface area contributed by atoms with Crippen molar-refractivity contribution in [1.82, 2.24) is 0 Å². The molecule has 0 heterocycles. The van der Waals surface area contributed by atoms with Gasteiger partial charge >= 0.3 is 0 Å². The number of carbonyl (C=O) groups excluding carboxylic acids is 1. The molecule has 0 saturated carbocycles. The molecule has 0 spiro atoms. The van der Waals surface area contributed by atoms with E-state index in [4.69, 9.17) is 5.53 Å². The van der Waals surface area contributed by atoms with Gasteiger partial charge in [-0.2, -0.15) is 0 Å². The highest BCUT2D eigenvalue weighted by Gasteiger charge is 2.20. The standard InChI is InChI=1S/C14H19N3O/c1-14(2,3)13(18)10-12-6-4-5-11(9-12)7-8-16-17-15/h4-6,9H,7-8,10H2,1-3H3. The summed E-state index contributed by atoms with van der Waals surface area (Å²) in [5.41, 5.74) is 10.0. The minimum Gasteiger partial charge on any atom is -0.299 e. The molecule has 1 rings (SSSR count). The van der Waals surface area contributed by atoms with Crippen LogP contribution in [-0.2, 0) is 17.6 Å². The van der Waals surface area contributed by atoms with E-state index in [1.807, 2.05) is 45.0 Å². The third-order valence-corrected chi connectivity index (χ3v) is 2.76. The highest BCUT2D eigenvalue weighted by molar-refractivity contribution is 5.85. The van der Waals surface area contributed by atoms with E-state index in [-0.39, 0.29) is 11.2 Å². The number of hydrogen-bond donors (Lipinski definition) is 0. The van der Waals surface area contributed by atoms with Crippen molar-refractivity contribution in [3.05, 3.63) is 45.8 Å². The molecule has 0 aliphatic heterocycles. The van der Waals surface area contributed by atoms with Crippen molar-refractivity contribution in [2.24, 2.45) is 10.5 Å². The second-order valence-electron chi connectivity index (χ2n) is 5.37. The van der Waals surface area contributed by atoms with E-state index in [0.29, 0.717) is 19.4 Å². The first-order valence-corrected chi connectivity index (χ1v) is 6.05.